The van der Waals surface area contributed by atoms with Gasteiger partial charge in [0.1, 0.15) is 0 Å². The zero-order valence-corrected chi connectivity index (χ0v) is 7.01. The van der Waals surface area contributed by atoms with E-state index in [1.807, 2.05) is 5.01 Å². The highest BCUT2D eigenvalue weighted by atomic mass is 32.1. The molecular formula is C6H12N2O2S. The van der Waals surface area contributed by atoms with E-state index in [0.717, 1.165) is 6.54 Å². The highest BCUT2D eigenvalue weighted by molar-refractivity contribution is 7.78. The lowest BCUT2D eigenvalue weighted by Crippen LogP contribution is -2.53. The monoisotopic (exact) mass is 176 g/mol. The van der Waals surface area contributed by atoms with Crippen molar-refractivity contribution in [3.05, 3.63) is 0 Å². The molecule has 11 heavy (non-hydrogen) atoms. The average Bonchev–Trinajstić information content (AvgIpc) is 2.06. The number of nitrogens with zero attached hydrogens (tertiary/aromatic N) is 1. The Hall–Kier alpha value is -0.230. The van der Waals surface area contributed by atoms with Gasteiger partial charge >= 0.3 is 0 Å². The third-order valence-corrected chi connectivity index (χ3v) is 1.76. The average molecular weight is 176 g/mol. The van der Waals surface area contributed by atoms with Crippen LogP contribution >= 0.6 is 12.2 Å². The summed E-state index contributed by atoms with van der Waals surface area (Å²) in [6.45, 7) is 2.11. The molecule has 64 valence electrons. The van der Waals surface area contributed by atoms with E-state index in [2.05, 4.69) is 17.6 Å². The lowest BCUT2D eigenvalue weighted by Gasteiger charge is -2.33. The summed E-state index contributed by atoms with van der Waals surface area (Å²) in [5, 5.41) is 10.8. The summed E-state index contributed by atoms with van der Waals surface area (Å²) in [4.78, 5) is 0. The Balaban J connectivity index is 2.37. The normalized spacial score (nSPS) is 26.5. The van der Waals surface area contributed by atoms with Crippen LogP contribution in [0.15, 0.2) is 0 Å². The molecule has 2 N–H and O–H groups in total. The lowest BCUT2D eigenvalue weighted by atomic mass is 10.3. The van der Waals surface area contributed by atoms with Crippen molar-refractivity contribution >= 4 is 17.7 Å². The van der Waals surface area contributed by atoms with E-state index in [4.69, 9.17) is 9.84 Å². The molecule has 4 nitrogen and oxygen atoms in total. The summed E-state index contributed by atoms with van der Waals surface area (Å²) in [5.74, 6) is 0. The van der Waals surface area contributed by atoms with Crippen LogP contribution in [-0.2, 0) is 4.74 Å². The van der Waals surface area contributed by atoms with Crippen molar-refractivity contribution < 1.29 is 9.84 Å². The number of thiocarbonyl (C=S) groups is 1. The summed E-state index contributed by atoms with van der Waals surface area (Å²) in [5.41, 5.74) is 4.31. The summed E-state index contributed by atoms with van der Waals surface area (Å²) in [6, 6.07) is 0.0305. The number of hydrogen-bond acceptors (Lipinski definition) is 4. The molecule has 1 heterocycles. The third-order valence-electron chi connectivity index (χ3n) is 1.66. The maximum atomic E-state index is 8.88. The van der Waals surface area contributed by atoms with Gasteiger partial charge in [0.05, 0.1) is 31.4 Å². The molecule has 0 amide bonds. The molecule has 0 saturated carbocycles. The fourth-order valence-electron chi connectivity index (χ4n) is 1.04. The Bertz CT molecular complexity index is 134. The number of nitrogens with one attached hydrogen (secondary N) is 1. The molecule has 0 aliphatic carbocycles. The van der Waals surface area contributed by atoms with Crippen molar-refractivity contribution in [3.63, 3.8) is 0 Å². The van der Waals surface area contributed by atoms with Crippen LogP contribution in [-0.4, -0.2) is 48.0 Å². The van der Waals surface area contributed by atoms with Gasteiger partial charge in [0.25, 0.3) is 0 Å². The second-order valence-corrected chi connectivity index (χ2v) is 2.59. The number of aliphatic hydroxyl groups excluding tert-OH is 1. The first-order valence-corrected chi connectivity index (χ1v) is 4.00. The summed E-state index contributed by atoms with van der Waals surface area (Å²) in [7, 11) is 0. The topological polar surface area (TPSA) is 44.7 Å². The van der Waals surface area contributed by atoms with Crippen LogP contribution in [0.3, 0.4) is 0 Å². The highest BCUT2D eigenvalue weighted by Crippen LogP contribution is 2.01. The van der Waals surface area contributed by atoms with Gasteiger partial charge in [-0.15, -0.1) is 0 Å². The van der Waals surface area contributed by atoms with Crippen LogP contribution in [0.25, 0.3) is 0 Å². The number of morpholine rings is 1. The Morgan fingerprint density at radius 3 is 3.27 bits per heavy atom. The lowest BCUT2D eigenvalue weighted by molar-refractivity contribution is -0.0395. The first-order chi connectivity index (χ1) is 5.38. The van der Waals surface area contributed by atoms with Gasteiger partial charge in [0.2, 0.25) is 0 Å². The number of rotatable bonds is 3. The van der Waals surface area contributed by atoms with Gasteiger partial charge in [-0.05, 0) is 0 Å². The quantitative estimate of drug-likeness (QED) is 0.548. The molecule has 1 aliphatic rings. The second-order valence-electron chi connectivity index (χ2n) is 2.35. The maximum absolute atomic E-state index is 8.88. The SMILES string of the molecule is OCC1COCCN1NC=S. The summed E-state index contributed by atoms with van der Waals surface area (Å²) >= 11 is 4.63. The van der Waals surface area contributed by atoms with Crippen molar-refractivity contribution in [2.24, 2.45) is 0 Å². The summed E-state index contributed by atoms with van der Waals surface area (Å²) < 4.78 is 5.16. The van der Waals surface area contributed by atoms with Gasteiger partial charge < -0.3 is 15.3 Å². The van der Waals surface area contributed by atoms with Gasteiger partial charge in [-0.1, -0.05) is 12.2 Å². The highest BCUT2D eigenvalue weighted by Gasteiger charge is 2.20. The number of aliphatic hydroxyl groups is 1. The minimum absolute atomic E-state index is 0.0305. The molecule has 0 radical (unpaired) electrons. The van der Waals surface area contributed by atoms with Crippen molar-refractivity contribution in [2.75, 3.05) is 26.4 Å². The smallest absolute Gasteiger partial charge is 0.0759 e. The zero-order chi connectivity index (χ0) is 8.10. The van der Waals surface area contributed by atoms with Crippen molar-refractivity contribution in [3.8, 4) is 0 Å². The number of ether oxygens (including phenoxy) is 1. The molecule has 1 unspecified atom stereocenters. The van der Waals surface area contributed by atoms with Crippen LogP contribution in [0.4, 0.5) is 0 Å². The first kappa shape index (κ1) is 8.86. The molecule has 1 saturated heterocycles. The fourth-order valence-corrected chi connectivity index (χ4v) is 1.18. The van der Waals surface area contributed by atoms with E-state index in [1.165, 1.54) is 5.49 Å². The van der Waals surface area contributed by atoms with Gasteiger partial charge in [0, 0.05) is 6.54 Å². The van der Waals surface area contributed by atoms with Crippen molar-refractivity contribution in [2.45, 2.75) is 6.04 Å². The molecule has 1 aliphatic heterocycles. The molecule has 1 rings (SSSR count). The third kappa shape index (κ3) is 2.37. The van der Waals surface area contributed by atoms with Gasteiger partial charge in [0.15, 0.2) is 0 Å². The number of hydrazine groups is 1. The Morgan fingerprint density at radius 1 is 1.82 bits per heavy atom. The van der Waals surface area contributed by atoms with Crippen LogP contribution in [0.5, 0.6) is 0 Å². The van der Waals surface area contributed by atoms with E-state index < -0.39 is 0 Å². The van der Waals surface area contributed by atoms with Gasteiger partial charge in [-0.3, -0.25) is 0 Å². The summed E-state index contributed by atoms with van der Waals surface area (Å²) in [6.07, 6.45) is 0. The van der Waals surface area contributed by atoms with Crippen LogP contribution in [0, 0.1) is 0 Å². The van der Waals surface area contributed by atoms with Crippen molar-refractivity contribution in [1.29, 1.82) is 0 Å². The van der Waals surface area contributed by atoms with Crippen LogP contribution < -0.4 is 5.43 Å². The van der Waals surface area contributed by atoms with Gasteiger partial charge in [-0.2, -0.15) is 0 Å². The molecule has 0 aromatic heterocycles. The minimum atomic E-state index is 0.0305. The fraction of sp³-hybridized carbons (Fsp3) is 0.833. The predicted molar refractivity (Wildman–Crippen MR) is 45.2 cm³/mol. The molecule has 0 aromatic carbocycles. The first-order valence-electron chi connectivity index (χ1n) is 3.53. The van der Waals surface area contributed by atoms with Gasteiger partial charge in [-0.25, -0.2) is 5.01 Å². The Labute approximate surface area is 71.1 Å². The van der Waals surface area contributed by atoms with E-state index in [9.17, 15) is 0 Å². The molecule has 0 bridgehead atoms. The van der Waals surface area contributed by atoms with E-state index in [1.54, 1.807) is 0 Å². The molecule has 1 atom stereocenters. The molecule has 0 aromatic rings. The predicted octanol–water partition coefficient (Wildman–Crippen LogP) is -0.859. The molecule has 0 spiro atoms. The largest absolute Gasteiger partial charge is 0.395 e. The Kier molecular flexibility index (Phi) is 3.71. The van der Waals surface area contributed by atoms with Crippen LogP contribution in [0.2, 0.25) is 0 Å². The van der Waals surface area contributed by atoms with Crippen LogP contribution in [0.1, 0.15) is 0 Å². The zero-order valence-electron chi connectivity index (χ0n) is 6.19. The molecule has 5 heteroatoms. The minimum Gasteiger partial charge on any atom is -0.395 e. The van der Waals surface area contributed by atoms with E-state index in [-0.39, 0.29) is 12.6 Å². The maximum Gasteiger partial charge on any atom is 0.0759 e. The number of hydrogen-bond donors (Lipinski definition) is 2. The van der Waals surface area contributed by atoms with Crippen molar-refractivity contribution in [1.82, 2.24) is 10.4 Å². The standard InChI is InChI=1S/C6H12N2O2S/c9-3-6-4-10-2-1-8(6)7-5-11/h5-6,9H,1-4H2,(H,7,11). The molecular weight excluding hydrogens is 164 g/mol. The second kappa shape index (κ2) is 4.61. The Morgan fingerprint density at radius 2 is 2.64 bits per heavy atom. The van der Waals surface area contributed by atoms with E-state index in [0.29, 0.717) is 13.2 Å². The molecule has 1 fully saturated rings. The van der Waals surface area contributed by atoms with E-state index >= 15 is 0 Å².